The van der Waals surface area contributed by atoms with Crippen LogP contribution in [-0.4, -0.2) is 31.0 Å². The highest BCUT2D eigenvalue weighted by Crippen LogP contribution is 2.28. The Kier molecular flexibility index (Phi) is 4.83. The smallest absolute Gasteiger partial charge is 0.193 e. The van der Waals surface area contributed by atoms with Crippen molar-refractivity contribution in [2.45, 2.75) is 33.2 Å². The van der Waals surface area contributed by atoms with Gasteiger partial charge in [0.15, 0.2) is 5.96 Å². The Bertz CT molecular complexity index is 435. The Morgan fingerprint density at radius 2 is 2.11 bits per heavy atom. The highest BCUT2D eigenvalue weighted by atomic mass is 15.3. The van der Waals surface area contributed by atoms with Crippen LogP contribution in [-0.2, 0) is 6.54 Å². The van der Waals surface area contributed by atoms with E-state index >= 15 is 0 Å². The molecule has 0 radical (unpaired) electrons. The topological polar surface area (TPSA) is 27.6 Å². The fourth-order valence-corrected chi connectivity index (χ4v) is 2.10. The Hall–Kier alpha value is -1.51. The molecule has 0 spiro atoms. The molecule has 2 rings (SSSR count). The van der Waals surface area contributed by atoms with E-state index in [9.17, 15) is 0 Å². The van der Waals surface area contributed by atoms with E-state index in [-0.39, 0.29) is 0 Å². The molecule has 3 heteroatoms. The van der Waals surface area contributed by atoms with Gasteiger partial charge in [0.2, 0.25) is 0 Å². The highest BCUT2D eigenvalue weighted by Gasteiger charge is 2.21. The summed E-state index contributed by atoms with van der Waals surface area (Å²) in [5.41, 5.74) is 2.70. The highest BCUT2D eigenvalue weighted by molar-refractivity contribution is 5.79. The first-order valence-electron chi connectivity index (χ1n) is 7.24. The zero-order valence-electron chi connectivity index (χ0n) is 12.3. The lowest BCUT2D eigenvalue weighted by Gasteiger charge is -2.23. The van der Waals surface area contributed by atoms with Gasteiger partial charge < -0.3 is 10.2 Å². The molecule has 1 aromatic carbocycles. The van der Waals surface area contributed by atoms with Gasteiger partial charge in [-0.25, -0.2) is 0 Å². The summed E-state index contributed by atoms with van der Waals surface area (Å²) in [6.07, 6.45) is 2.70. The van der Waals surface area contributed by atoms with Gasteiger partial charge in [0, 0.05) is 26.7 Å². The van der Waals surface area contributed by atoms with Crippen molar-refractivity contribution in [1.82, 2.24) is 10.2 Å². The lowest BCUT2D eigenvalue weighted by Crippen LogP contribution is -2.38. The maximum atomic E-state index is 4.73. The van der Waals surface area contributed by atoms with Gasteiger partial charge in [-0.05, 0) is 43.7 Å². The first kappa shape index (κ1) is 13.9. The summed E-state index contributed by atoms with van der Waals surface area (Å²) in [5.74, 6) is 1.86. The third-order valence-electron chi connectivity index (χ3n) is 3.56. The largest absolute Gasteiger partial charge is 0.357 e. The molecule has 1 fully saturated rings. The van der Waals surface area contributed by atoms with E-state index in [2.05, 4.69) is 55.4 Å². The van der Waals surface area contributed by atoms with E-state index in [0.717, 1.165) is 31.5 Å². The molecule has 0 heterocycles. The van der Waals surface area contributed by atoms with Crippen molar-refractivity contribution in [3.05, 3.63) is 35.4 Å². The monoisotopic (exact) mass is 259 g/mol. The van der Waals surface area contributed by atoms with Crippen LogP contribution in [0.2, 0.25) is 0 Å². The molecule has 1 N–H and O–H groups in total. The first-order valence-corrected chi connectivity index (χ1v) is 7.24. The molecule has 0 atom stereocenters. The molecule has 3 nitrogen and oxygen atoms in total. The molecule has 1 aliphatic rings. The summed E-state index contributed by atoms with van der Waals surface area (Å²) in [7, 11) is 2.11. The SMILES string of the molecule is CCNC(=NCC1CC1)N(C)Cc1ccccc1C. The second kappa shape index (κ2) is 6.60. The molecule has 1 aromatic rings. The fourth-order valence-electron chi connectivity index (χ4n) is 2.10. The fraction of sp³-hybridized carbons (Fsp3) is 0.562. The molecule has 19 heavy (non-hydrogen) atoms. The maximum absolute atomic E-state index is 4.73. The van der Waals surface area contributed by atoms with Crippen molar-refractivity contribution in [2.75, 3.05) is 20.1 Å². The molecule has 0 aromatic heterocycles. The second-order valence-electron chi connectivity index (χ2n) is 5.42. The van der Waals surface area contributed by atoms with Crippen molar-refractivity contribution >= 4 is 5.96 Å². The van der Waals surface area contributed by atoms with Crippen LogP contribution in [0.15, 0.2) is 29.3 Å². The predicted octanol–water partition coefficient (Wildman–Crippen LogP) is 2.80. The van der Waals surface area contributed by atoms with E-state index in [4.69, 9.17) is 4.99 Å². The Morgan fingerprint density at radius 3 is 2.74 bits per heavy atom. The van der Waals surface area contributed by atoms with Crippen molar-refractivity contribution in [1.29, 1.82) is 0 Å². The number of rotatable bonds is 5. The van der Waals surface area contributed by atoms with Crippen molar-refractivity contribution in [2.24, 2.45) is 10.9 Å². The summed E-state index contributed by atoms with van der Waals surface area (Å²) in [6.45, 7) is 7.08. The summed E-state index contributed by atoms with van der Waals surface area (Å²) in [6, 6.07) is 8.55. The van der Waals surface area contributed by atoms with Crippen molar-refractivity contribution in [3.63, 3.8) is 0 Å². The molecule has 1 aliphatic carbocycles. The van der Waals surface area contributed by atoms with Crippen LogP contribution in [0.1, 0.15) is 30.9 Å². The average Bonchev–Trinajstić information content (AvgIpc) is 3.21. The molecule has 0 saturated heterocycles. The summed E-state index contributed by atoms with van der Waals surface area (Å²) < 4.78 is 0. The maximum Gasteiger partial charge on any atom is 0.193 e. The van der Waals surface area contributed by atoms with Gasteiger partial charge in [0.1, 0.15) is 0 Å². The summed E-state index contributed by atoms with van der Waals surface area (Å²) >= 11 is 0. The standard InChI is InChI=1S/C16H25N3/c1-4-17-16(18-11-14-9-10-14)19(3)12-15-8-6-5-7-13(15)2/h5-8,14H,4,9-12H2,1-3H3,(H,17,18). The van der Waals surface area contributed by atoms with Gasteiger partial charge >= 0.3 is 0 Å². The van der Waals surface area contributed by atoms with Gasteiger partial charge in [-0.2, -0.15) is 0 Å². The summed E-state index contributed by atoms with van der Waals surface area (Å²) in [5, 5.41) is 3.38. The number of hydrogen-bond donors (Lipinski definition) is 1. The minimum absolute atomic E-state index is 0.834. The Balaban J connectivity index is 1.99. The first-order chi connectivity index (χ1) is 9.20. The van der Waals surface area contributed by atoms with Crippen LogP contribution in [0, 0.1) is 12.8 Å². The number of hydrogen-bond acceptors (Lipinski definition) is 1. The quantitative estimate of drug-likeness (QED) is 0.650. The Labute approximate surface area is 116 Å². The van der Waals surface area contributed by atoms with Crippen LogP contribution in [0.5, 0.6) is 0 Å². The van der Waals surface area contributed by atoms with E-state index in [1.165, 1.54) is 24.0 Å². The normalized spacial score (nSPS) is 15.4. The predicted molar refractivity (Wildman–Crippen MR) is 81.3 cm³/mol. The molecular weight excluding hydrogens is 234 g/mol. The lowest BCUT2D eigenvalue weighted by molar-refractivity contribution is 0.475. The molecule has 1 saturated carbocycles. The van der Waals surface area contributed by atoms with E-state index < -0.39 is 0 Å². The van der Waals surface area contributed by atoms with E-state index in [1.807, 2.05) is 0 Å². The zero-order chi connectivity index (χ0) is 13.7. The third kappa shape index (κ3) is 4.27. The average molecular weight is 259 g/mol. The van der Waals surface area contributed by atoms with Gasteiger partial charge in [-0.1, -0.05) is 24.3 Å². The van der Waals surface area contributed by atoms with E-state index in [1.54, 1.807) is 0 Å². The van der Waals surface area contributed by atoms with Crippen LogP contribution in [0.3, 0.4) is 0 Å². The number of nitrogens with zero attached hydrogens (tertiary/aromatic N) is 2. The lowest BCUT2D eigenvalue weighted by atomic mass is 10.1. The van der Waals surface area contributed by atoms with Crippen LogP contribution >= 0.6 is 0 Å². The molecule has 104 valence electrons. The van der Waals surface area contributed by atoms with E-state index in [0.29, 0.717) is 0 Å². The van der Waals surface area contributed by atoms with Gasteiger partial charge in [0.25, 0.3) is 0 Å². The molecule has 0 amide bonds. The second-order valence-corrected chi connectivity index (χ2v) is 5.42. The number of aliphatic imine (C=N–C) groups is 1. The molecule has 0 bridgehead atoms. The number of nitrogens with one attached hydrogen (secondary N) is 1. The van der Waals surface area contributed by atoms with Crippen LogP contribution in [0.4, 0.5) is 0 Å². The van der Waals surface area contributed by atoms with Gasteiger partial charge in [0.05, 0.1) is 0 Å². The molecule has 0 unspecified atom stereocenters. The minimum Gasteiger partial charge on any atom is -0.357 e. The van der Waals surface area contributed by atoms with Crippen molar-refractivity contribution < 1.29 is 0 Å². The molecule has 0 aliphatic heterocycles. The van der Waals surface area contributed by atoms with Gasteiger partial charge in [-0.15, -0.1) is 0 Å². The number of aryl methyl sites for hydroxylation is 1. The zero-order valence-corrected chi connectivity index (χ0v) is 12.3. The third-order valence-corrected chi connectivity index (χ3v) is 3.56. The van der Waals surface area contributed by atoms with Crippen LogP contribution in [0.25, 0.3) is 0 Å². The van der Waals surface area contributed by atoms with Crippen molar-refractivity contribution in [3.8, 4) is 0 Å². The number of benzene rings is 1. The minimum atomic E-state index is 0.834. The van der Waals surface area contributed by atoms with Gasteiger partial charge in [-0.3, -0.25) is 4.99 Å². The summed E-state index contributed by atoms with van der Waals surface area (Å²) in [4.78, 5) is 6.95. The Morgan fingerprint density at radius 1 is 1.37 bits per heavy atom. The molecular formula is C16H25N3. The number of guanidine groups is 1. The van der Waals surface area contributed by atoms with Crippen LogP contribution < -0.4 is 5.32 Å².